The minimum absolute atomic E-state index is 0. The van der Waals surface area contributed by atoms with Crippen LogP contribution in [-0.4, -0.2) is 49.6 Å². The van der Waals surface area contributed by atoms with Crippen LogP contribution < -0.4 is 9.97 Å². The molecule has 2 atom stereocenters. The number of carboxylic acid groups (broad SMARTS) is 2. The van der Waals surface area contributed by atoms with Gasteiger partial charge in [0.2, 0.25) is 0 Å². The van der Waals surface area contributed by atoms with E-state index in [9.17, 15) is 29.7 Å². The molecule has 318 valence electrons. The van der Waals surface area contributed by atoms with E-state index in [0.29, 0.717) is 80.2 Å². The standard InChI is InChI=1S/C49H60N4O6.Fe/c1-9-34-31(6)39-25-45-49(46(55)18-12-17-30(5)16-11-15-29(4)14-10-13-28(2)3)33(8)40(52-45)24-44-37(27-54)36(20-22-48(58)59)43(53-44)26-42-35(19-21-47(56)57)32(7)38(51-42)23-41(34)50-39;/h9,13,15,23-27,30,46,55H,1,10-12,14,16-22H2,2-8H3,(H4,50,51,52,53,54,56,57,58,59);/q;+2/p-2/b29-15+,38-23?,39-25?,40-24?,41-23?,42-26?,43-26?,44-24?,45-25?;. The summed E-state index contributed by atoms with van der Waals surface area (Å²) in [5, 5.41) is 31.1. The maximum absolute atomic E-state index is 12.8. The minimum Gasteiger partial charge on any atom is -0.657 e. The molecule has 0 saturated heterocycles. The van der Waals surface area contributed by atoms with Crippen LogP contribution in [0.1, 0.15) is 156 Å². The topological polar surface area (TPSA) is 166 Å². The number of aldehydes is 1. The molecule has 2 aliphatic rings. The third kappa shape index (κ3) is 11.6. The second kappa shape index (κ2) is 21.4. The number of aromatic nitrogens is 4. The summed E-state index contributed by atoms with van der Waals surface area (Å²) in [6.45, 7) is 18.6. The molecule has 0 fully saturated rings. The number of allylic oxidation sites excluding steroid dienone is 7. The van der Waals surface area contributed by atoms with Crippen LogP contribution in [0, 0.1) is 12.8 Å². The molecule has 60 heavy (non-hydrogen) atoms. The first-order valence-electron chi connectivity index (χ1n) is 20.7. The number of nitrogens with zero attached hydrogens (tertiary/aromatic N) is 4. The van der Waals surface area contributed by atoms with Crippen molar-refractivity contribution in [2.45, 2.75) is 125 Å². The van der Waals surface area contributed by atoms with E-state index in [1.807, 2.05) is 32.9 Å². The van der Waals surface area contributed by atoms with Crippen LogP contribution in [0.3, 0.4) is 0 Å². The number of aliphatic hydroxyl groups is 1. The van der Waals surface area contributed by atoms with E-state index >= 15 is 0 Å². The van der Waals surface area contributed by atoms with E-state index in [1.54, 1.807) is 18.2 Å². The molecule has 3 aromatic rings. The number of aliphatic carboxylic acids is 2. The summed E-state index contributed by atoms with van der Waals surface area (Å²) in [6.07, 6.45) is 12.8. The van der Waals surface area contributed by atoms with Crippen molar-refractivity contribution in [1.29, 1.82) is 0 Å². The minimum atomic E-state index is -1.02. The van der Waals surface area contributed by atoms with Gasteiger partial charge in [0, 0.05) is 24.0 Å². The third-order valence-corrected chi connectivity index (χ3v) is 11.5. The molecule has 11 heteroatoms. The number of hydrogen-bond acceptors (Lipinski definition) is 6. The van der Waals surface area contributed by atoms with E-state index in [-0.39, 0.29) is 48.3 Å². The second-order valence-corrected chi connectivity index (χ2v) is 16.3. The van der Waals surface area contributed by atoms with Crippen molar-refractivity contribution in [1.82, 2.24) is 19.9 Å². The molecule has 0 aromatic carbocycles. The molecule has 2 aliphatic heterocycles. The van der Waals surface area contributed by atoms with Gasteiger partial charge in [0.1, 0.15) is 6.29 Å². The van der Waals surface area contributed by atoms with E-state index < -0.39 is 18.0 Å². The van der Waals surface area contributed by atoms with Gasteiger partial charge < -0.3 is 25.3 Å². The molecule has 0 radical (unpaired) electrons. The van der Waals surface area contributed by atoms with Crippen LogP contribution in [0.5, 0.6) is 0 Å². The molecule has 5 heterocycles. The Bertz CT molecular complexity index is 2420. The summed E-state index contributed by atoms with van der Waals surface area (Å²) in [4.78, 5) is 56.1. The Morgan fingerprint density at radius 2 is 1.35 bits per heavy atom. The summed E-state index contributed by atoms with van der Waals surface area (Å²) in [6, 6.07) is 7.17. The number of aryl methyl sites for hydroxylation is 2. The zero-order valence-corrected chi connectivity index (χ0v) is 37.1. The Morgan fingerprint density at radius 1 is 0.750 bits per heavy atom. The Labute approximate surface area is 364 Å². The van der Waals surface area contributed by atoms with E-state index in [0.717, 1.165) is 60.8 Å². The van der Waals surface area contributed by atoms with Gasteiger partial charge in [0.15, 0.2) is 0 Å². The molecular formula is C49H58FeN4O6. The first-order valence-corrected chi connectivity index (χ1v) is 20.7. The van der Waals surface area contributed by atoms with Crippen LogP contribution in [0.25, 0.3) is 50.4 Å². The van der Waals surface area contributed by atoms with Gasteiger partial charge in [-0.25, -0.2) is 9.97 Å². The fraction of sp³-hybridized carbons (Fsp3) is 0.408. The van der Waals surface area contributed by atoms with Gasteiger partial charge in [0.05, 0.1) is 28.9 Å². The third-order valence-electron chi connectivity index (χ3n) is 11.5. The number of carbonyl (C=O) groups excluding carboxylic acids is 1. The average Bonchev–Trinajstić information content (AvgIpc) is 3.85. The molecule has 8 bridgehead atoms. The molecule has 5 rings (SSSR count). The van der Waals surface area contributed by atoms with E-state index in [4.69, 9.17) is 19.9 Å². The fourth-order valence-corrected chi connectivity index (χ4v) is 8.00. The molecule has 0 saturated carbocycles. The molecule has 3 aromatic heterocycles. The van der Waals surface area contributed by atoms with Crippen molar-refractivity contribution in [2.24, 2.45) is 5.92 Å². The monoisotopic (exact) mass is 854 g/mol. The maximum atomic E-state index is 12.8. The average molecular weight is 855 g/mol. The van der Waals surface area contributed by atoms with Crippen molar-refractivity contribution < 1.29 is 46.8 Å². The Morgan fingerprint density at radius 3 is 2.00 bits per heavy atom. The van der Waals surface area contributed by atoms with Crippen molar-refractivity contribution in [3.8, 4) is 0 Å². The smallest absolute Gasteiger partial charge is 0.657 e. The number of aliphatic hydroxyl groups excluding tert-OH is 1. The zero-order chi connectivity index (χ0) is 43.0. The summed E-state index contributed by atoms with van der Waals surface area (Å²) >= 11 is 0. The largest absolute Gasteiger partial charge is 2.00 e. The van der Waals surface area contributed by atoms with Gasteiger partial charge in [0.25, 0.3) is 0 Å². The summed E-state index contributed by atoms with van der Waals surface area (Å²) in [7, 11) is 0. The predicted molar refractivity (Wildman–Crippen MR) is 238 cm³/mol. The molecule has 10 nitrogen and oxygen atoms in total. The number of hydrogen-bond donors (Lipinski definition) is 3. The molecule has 3 N–H and O–H groups in total. The Kier molecular flexibility index (Phi) is 17.0. The van der Waals surface area contributed by atoms with Crippen molar-refractivity contribution in [3.63, 3.8) is 0 Å². The molecule has 0 aliphatic carbocycles. The fourth-order valence-electron chi connectivity index (χ4n) is 8.00. The summed E-state index contributed by atoms with van der Waals surface area (Å²) < 4.78 is 0. The van der Waals surface area contributed by atoms with Gasteiger partial charge >= 0.3 is 29.0 Å². The first-order chi connectivity index (χ1) is 28.1. The molecule has 0 amide bonds. The molecule has 2 unspecified atom stereocenters. The van der Waals surface area contributed by atoms with Gasteiger partial charge in [-0.05, 0) is 115 Å². The van der Waals surface area contributed by atoms with Crippen LogP contribution in [0.2, 0.25) is 0 Å². The number of carboxylic acids is 2. The number of fused-ring (bicyclic) bond motifs is 8. The Hall–Kier alpha value is -5.09. The van der Waals surface area contributed by atoms with Crippen LogP contribution >= 0.6 is 0 Å². The number of carbonyl (C=O) groups is 3. The van der Waals surface area contributed by atoms with Crippen molar-refractivity contribution in [2.75, 3.05) is 0 Å². The van der Waals surface area contributed by atoms with Gasteiger partial charge in [-0.2, -0.15) is 0 Å². The SMILES string of the molecule is C=Cc1c(C)c2cc3nc(cc4[n-]c(cc5nc(cc1[n-]2)C(C)=C5CCC(=O)O)c(CCC(=O)O)c4C=O)C(C)=C3C(O)CCCC(C)CC/C=C(\C)CCC=C(C)C.[Fe+2]. The number of rotatable bonds is 19. The van der Waals surface area contributed by atoms with Crippen molar-refractivity contribution >= 4 is 68.7 Å². The van der Waals surface area contributed by atoms with Crippen LogP contribution in [-0.2, 0) is 33.1 Å². The van der Waals surface area contributed by atoms with Gasteiger partial charge in [-0.3, -0.25) is 14.4 Å². The van der Waals surface area contributed by atoms with E-state index in [1.165, 1.54) is 11.1 Å². The van der Waals surface area contributed by atoms with Crippen LogP contribution in [0.15, 0.2) is 54.1 Å². The molecule has 0 spiro atoms. The molecular weight excluding hydrogens is 796 g/mol. The van der Waals surface area contributed by atoms with Crippen LogP contribution in [0.4, 0.5) is 0 Å². The van der Waals surface area contributed by atoms with E-state index in [2.05, 4.69) is 46.4 Å². The second-order valence-electron chi connectivity index (χ2n) is 16.3. The Balaban J connectivity index is 0.00000794. The predicted octanol–water partition coefficient (Wildman–Crippen LogP) is 10.7. The summed E-state index contributed by atoms with van der Waals surface area (Å²) in [5.41, 5.74) is 12.3. The summed E-state index contributed by atoms with van der Waals surface area (Å²) in [5.74, 6) is -1.47. The quantitative estimate of drug-likeness (QED) is 0.0600. The van der Waals surface area contributed by atoms with Crippen molar-refractivity contribution in [3.05, 3.63) is 99.2 Å². The zero-order valence-electron chi connectivity index (χ0n) is 36.0. The van der Waals surface area contributed by atoms with Gasteiger partial charge in [-0.15, -0.1) is 22.1 Å². The first kappa shape index (κ1) is 47.6. The van der Waals surface area contributed by atoms with Gasteiger partial charge in [-0.1, -0.05) is 91.1 Å². The maximum Gasteiger partial charge on any atom is 2.00 e. The normalized spacial score (nSPS) is 13.8.